The van der Waals surface area contributed by atoms with E-state index < -0.39 is 11.5 Å². The number of hydrogen-bond acceptors (Lipinski definition) is 4. The smallest absolute Gasteiger partial charge is 0.305 e. The van der Waals surface area contributed by atoms with E-state index in [2.05, 4.69) is 9.97 Å². The molecule has 0 aliphatic carbocycles. The summed E-state index contributed by atoms with van der Waals surface area (Å²) in [6, 6.07) is 0. The Morgan fingerprint density at radius 3 is 2.85 bits per heavy atom. The van der Waals surface area contributed by atoms with Crippen LogP contribution in [0.3, 0.4) is 0 Å². The molecule has 0 bridgehead atoms. The van der Waals surface area contributed by atoms with Gasteiger partial charge in [-0.15, -0.1) is 0 Å². The zero-order valence-electron chi connectivity index (χ0n) is 7.27. The van der Waals surface area contributed by atoms with Crippen LogP contribution in [0.4, 0.5) is 0 Å². The summed E-state index contributed by atoms with van der Waals surface area (Å²) >= 11 is 0. The summed E-state index contributed by atoms with van der Waals surface area (Å²) in [5.74, 6) is -0.948. The minimum Gasteiger partial charge on any atom is -0.481 e. The maximum Gasteiger partial charge on any atom is 0.305 e. The molecule has 1 rings (SSSR count). The number of aromatic nitrogens is 2. The first kappa shape index (κ1) is 9.60. The Morgan fingerprint density at radius 1 is 1.69 bits per heavy atom. The molecule has 13 heavy (non-hydrogen) atoms. The SMILES string of the molecule is C[C@](N)(CC(=O)O)c1cnccn1. The molecule has 0 aliphatic heterocycles. The number of rotatable bonds is 3. The van der Waals surface area contributed by atoms with E-state index in [1.807, 2.05) is 0 Å². The molecule has 0 saturated carbocycles. The molecule has 0 radical (unpaired) electrons. The minimum atomic E-state index is -0.958. The van der Waals surface area contributed by atoms with Crippen LogP contribution in [0, 0.1) is 0 Å². The minimum absolute atomic E-state index is 0.161. The molecule has 5 heteroatoms. The van der Waals surface area contributed by atoms with E-state index in [0.717, 1.165) is 0 Å². The maximum atomic E-state index is 10.5. The van der Waals surface area contributed by atoms with Crippen LogP contribution < -0.4 is 5.73 Å². The van der Waals surface area contributed by atoms with Gasteiger partial charge in [0.1, 0.15) is 0 Å². The fourth-order valence-electron chi connectivity index (χ4n) is 0.999. The van der Waals surface area contributed by atoms with Crippen molar-refractivity contribution in [3.63, 3.8) is 0 Å². The molecule has 70 valence electrons. The van der Waals surface area contributed by atoms with Gasteiger partial charge in [-0.25, -0.2) is 0 Å². The van der Waals surface area contributed by atoms with Crippen LogP contribution in [-0.4, -0.2) is 21.0 Å². The van der Waals surface area contributed by atoms with Crippen LogP contribution in [0.5, 0.6) is 0 Å². The van der Waals surface area contributed by atoms with Gasteiger partial charge in [0.25, 0.3) is 0 Å². The van der Waals surface area contributed by atoms with Gasteiger partial charge in [-0.2, -0.15) is 0 Å². The topological polar surface area (TPSA) is 89.1 Å². The number of aliphatic carboxylic acids is 1. The van der Waals surface area contributed by atoms with Gasteiger partial charge in [0.05, 0.1) is 23.9 Å². The number of hydrogen-bond donors (Lipinski definition) is 2. The van der Waals surface area contributed by atoms with E-state index in [1.54, 1.807) is 6.92 Å². The average Bonchev–Trinajstić information content (AvgIpc) is 2.04. The van der Waals surface area contributed by atoms with Crippen molar-refractivity contribution < 1.29 is 9.90 Å². The zero-order chi connectivity index (χ0) is 9.90. The average molecular weight is 181 g/mol. The lowest BCUT2D eigenvalue weighted by molar-refractivity contribution is -0.138. The lowest BCUT2D eigenvalue weighted by atomic mass is 9.95. The first-order valence-electron chi connectivity index (χ1n) is 3.79. The fourth-order valence-corrected chi connectivity index (χ4v) is 0.999. The molecular weight excluding hydrogens is 170 g/mol. The van der Waals surface area contributed by atoms with Crippen molar-refractivity contribution in [3.8, 4) is 0 Å². The second-order valence-electron chi connectivity index (χ2n) is 3.08. The van der Waals surface area contributed by atoms with Gasteiger partial charge in [-0.05, 0) is 6.92 Å². The molecule has 0 fully saturated rings. The third-order valence-corrected chi connectivity index (χ3v) is 1.67. The van der Waals surface area contributed by atoms with Crippen molar-refractivity contribution in [3.05, 3.63) is 24.3 Å². The fraction of sp³-hybridized carbons (Fsp3) is 0.375. The summed E-state index contributed by atoms with van der Waals surface area (Å²) < 4.78 is 0. The molecule has 0 amide bonds. The molecule has 5 nitrogen and oxygen atoms in total. The van der Waals surface area contributed by atoms with Gasteiger partial charge in [-0.1, -0.05) is 0 Å². The Hall–Kier alpha value is -1.49. The summed E-state index contributed by atoms with van der Waals surface area (Å²) in [7, 11) is 0. The highest BCUT2D eigenvalue weighted by molar-refractivity contribution is 5.68. The summed E-state index contributed by atoms with van der Waals surface area (Å²) in [5, 5.41) is 8.58. The third kappa shape index (κ3) is 2.48. The molecule has 0 aliphatic rings. The maximum absolute atomic E-state index is 10.5. The lowest BCUT2D eigenvalue weighted by Gasteiger charge is -2.20. The highest BCUT2D eigenvalue weighted by atomic mass is 16.4. The van der Waals surface area contributed by atoms with Crippen LogP contribution in [0.2, 0.25) is 0 Å². The van der Waals surface area contributed by atoms with Crippen LogP contribution in [-0.2, 0) is 10.3 Å². The summed E-state index contributed by atoms with van der Waals surface area (Å²) in [4.78, 5) is 18.2. The van der Waals surface area contributed by atoms with Crippen molar-refractivity contribution in [2.45, 2.75) is 18.9 Å². The Morgan fingerprint density at radius 2 is 2.38 bits per heavy atom. The molecule has 0 unspecified atom stereocenters. The van der Waals surface area contributed by atoms with E-state index in [0.29, 0.717) is 5.69 Å². The lowest BCUT2D eigenvalue weighted by Crippen LogP contribution is -2.36. The molecule has 0 spiro atoms. The van der Waals surface area contributed by atoms with Gasteiger partial charge >= 0.3 is 5.97 Å². The second kappa shape index (κ2) is 3.49. The zero-order valence-corrected chi connectivity index (χ0v) is 7.27. The van der Waals surface area contributed by atoms with E-state index in [1.165, 1.54) is 18.6 Å². The monoisotopic (exact) mass is 181 g/mol. The molecule has 1 atom stereocenters. The van der Waals surface area contributed by atoms with Crippen LogP contribution in [0.15, 0.2) is 18.6 Å². The number of carboxylic acids is 1. The van der Waals surface area contributed by atoms with Crippen LogP contribution in [0.1, 0.15) is 19.0 Å². The van der Waals surface area contributed by atoms with Crippen molar-refractivity contribution in [2.75, 3.05) is 0 Å². The molecule has 1 heterocycles. The highest BCUT2D eigenvalue weighted by Gasteiger charge is 2.26. The van der Waals surface area contributed by atoms with Gasteiger partial charge < -0.3 is 10.8 Å². The summed E-state index contributed by atoms with van der Waals surface area (Å²) in [6.45, 7) is 1.62. The van der Waals surface area contributed by atoms with Gasteiger partial charge in [0, 0.05) is 12.4 Å². The largest absolute Gasteiger partial charge is 0.481 e. The Labute approximate surface area is 75.6 Å². The van der Waals surface area contributed by atoms with E-state index >= 15 is 0 Å². The standard InChI is InChI=1S/C8H11N3O2/c1-8(9,4-7(12)13)6-5-10-2-3-11-6/h2-3,5H,4,9H2,1H3,(H,12,13)/t8-/m0/s1. The number of nitrogens with zero attached hydrogens (tertiary/aromatic N) is 2. The normalized spacial score (nSPS) is 14.9. The first-order chi connectivity index (χ1) is 6.02. The number of nitrogens with two attached hydrogens (primary N) is 1. The predicted molar refractivity (Wildman–Crippen MR) is 45.8 cm³/mol. The second-order valence-corrected chi connectivity index (χ2v) is 3.08. The Balaban J connectivity index is 2.87. The van der Waals surface area contributed by atoms with Crippen molar-refractivity contribution in [1.82, 2.24) is 9.97 Å². The van der Waals surface area contributed by atoms with Crippen LogP contribution in [0.25, 0.3) is 0 Å². The third-order valence-electron chi connectivity index (χ3n) is 1.67. The van der Waals surface area contributed by atoms with Gasteiger partial charge in [0.2, 0.25) is 0 Å². The van der Waals surface area contributed by atoms with Gasteiger partial charge in [-0.3, -0.25) is 14.8 Å². The first-order valence-corrected chi connectivity index (χ1v) is 3.79. The van der Waals surface area contributed by atoms with E-state index in [-0.39, 0.29) is 6.42 Å². The summed E-state index contributed by atoms with van der Waals surface area (Å²) in [6.07, 6.45) is 4.32. The van der Waals surface area contributed by atoms with Crippen molar-refractivity contribution >= 4 is 5.97 Å². The molecule has 3 N–H and O–H groups in total. The number of carbonyl (C=O) groups is 1. The summed E-state index contributed by atoms with van der Waals surface area (Å²) in [5.41, 5.74) is 5.28. The number of carboxylic acid groups (broad SMARTS) is 1. The predicted octanol–water partition coefficient (Wildman–Crippen LogP) is 0.125. The Kier molecular flexibility index (Phi) is 2.57. The highest BCUT2D eigenvalue weighted by Crippen LogP contribution is 2.17. The quantitative estimate of drug-likeness (QED) is 0.691. The molecule has 0 aromatic carbocycles. The van der Waals surface area contributed by atoms with Crippen LogP contribution >= 0.6 is 0 Å². The van der Waals surface area contributed by atoms with E-state index in [9.17, 15) is 4.79 Å². The van der Waals surface area contributed by atoms with Crippen molar-refractivity contribution in [1.29, 1.82) is 0 Å². The Bertz CT molecular complexity index is 298. The molecule has 1 aromatic heterocycles. The van der Waals surface area contributed by atoms with E-state index in [4.69, 9.17) is 10.8 Å². The van der Waals surface area contributed by atoms with Crippen molar-refractivity contribution in [2.24, 2.45) is 5.73 Å². The molecular formula is C8H11N3O2. The molecule has 0 saturated heterocycles. The molecule has 1 aromatic rings. The van der Waals surface area contributed by atoms with Gasteiger partial charge in [0.15, 0.2) is 0 Å².